The number of benzene rings is 3. The van der Waals surface area contributed by atoms with Crippen molar-refractivity contribution in [2.75, 3.05) is 0 Å². The zero-order valence-electron chi connectivity index (χ0n) is 15.9. The molecule has 6 heteroatoms. The van der Waals surface area contributed by atoms with Crippen molar-refractivity contribution in [3.8, 4) is 5.75 Å². The average molecular weight is 386 g/mol. The summed E-state index contributed by atoms with van der Waals surface area (Å²) >= 11 is 0. The van der Waals surface area contributed by atoms with Crippen molar-refractivity contribution in [2.45, 2.75) is 25.4 Å². The first kappa shape index (κ1) is 18.7. The second kappa shape index (κ2) is 8.56. The largest absolute Gasteiger partial charge is 0.508 e. The zero-order valence-corrected chi connectivity index (χ0v) is 15.9. The number of nitrogens with one attached hydrogen (secondary N) is 1. The third-order valence-electron chi connectivity index (χ3n) is 4.93. The van der Waals surface area contributed by atoms with Crippen LogP contribution in [0, 0.1) is 0 Å². The van der Waals surface area contributed by atoms with Crippen molar-refractivity contribution in [1.29, 1.82) is 0 Å². The number of aromatic nitrogens is 3. The van der Waals surface area contributed by atoms with E-state index < -0.39 is 6.04 Å². The molecule has 0 aliphatic rings. The number of amides is 1. The first-order chi connectivity index (χ1) is 14.2. The number of hydrogen-bond acceptors (Lipinski definition) is 4. The van der Waals surface area contributed by atoms with Gasteiger partial charge in [0, 0.05) is 18.5 Å². The molecule has 0 spiro atoms. The molecule has 4 aromatic rings. The highest BCUT2D eigenvalue weighted by Gasteiger charge is 2.22. The Balaban J connectivity index is 1.61. The van der Waals surface area contributed by atoms with Crippen LogP contribution in [0.3, 0.4) is 0 Å². The van der Waals surface area contributed by atoms with Crippen molar-refractivity contribution in [2.24, 2.45) is 0 Å². The normalized spacial score (nSPS) is 12.0. The molecule has 1 heterocycles. The van der Waals surface area contributed by atoms with Gasteiger partial charge in [-0.05, 0) is 28.8 Å². The number of carbonyl (C=O) groups is 1. The van der Waals surface area contributed by atoms with Crippen molar-refractivity contribution >= 4 is 16.7 Å². The highest BCUT2D eigenvalue weighted by atomic mass is 16.3. The minimum Gasteiger partial charge on any atom is -0.508 e. The summed E-state index contributed by atoms with van der Waals surface area (Å²) in [6.07, 6.45) is 4.13. The van der Waals surface area contributed by atoms with Gasteiger partial charge in [0.15, 0.2) is 0 Å². The average Bonchev–Trinajstić information content (AvgIpc) is 3.27. The van der Waals surface area contributed by atoms with Gasteiger partial charge in [-0.3, -0.25) is 9.48 Å². The predicted molar refractivity (Wildman–Crippen MR) is 111 cm³/mol. The third kappa shape index (κ3) is 4.27. The zero-order chi connectivity index (χ0) is 20.1. The van der Waals surface area contributed by atoms with E-state index in [9.17, 15) is 9.90 Å². The quantitative estimate of drug-likeness (QED) is 0.506. The van der Waals surface area contributed by atoms with Gasteiger partial charge >= 0.3 is 0 Å². The first-order valence-corrected chi connectivity index (χ1v) is 9.60. The van der Waals surface area contributed by atoms with E-state index in [0.29, 0.717) is 24.9 Å². The molecular weight excluding hydrogens is 364 g/mol. The van der Waals surface area contributed by atoms with Gasteiger partial charge in [-0.2, -0.15) is 5.10 Å². The second-order valence-electron chi connectivity index (χ2n) is 6.89. The maximum atomic E-state index is 12.7. The van der Waals surface area contributed by atoms with Crippen LogP contribution in [-0.4, -0.2) is 25.8 Å². The third-order valence-corrected chi connectivity index (χ3v) is 4.93. The molecule has 0 saturated carbocycles. The van der Waals surface area contributed by atoms with E-state index in [0.717, 1.165) is 16.3 Å². The van der Waals surface area contributed by atoms with Gasteiger partial charge in [0.1, 0.15) is 18.4 Å². The summed E-state index contributed by atoms with van der Waals surface area (Å²) in [4.78, 5) is 16.6. The molecule has 1 aromatic heterocycles. The van der Waals surface area contributed by atoms with Gasteiger partial charge in [-0.15, -0.1) is 0 Å². The summed E-state index contributed by atoms with van der Waals surface area (Å²) in [6, 6.07) is 20.7. The van der Waals surface area contributed by atoms with Crippen LogP contribution in [0.15, 0.2) is 79.4 Å². The number of rotatable bonds is 7. The number of carbonyl (C=O) groups excluding carboxylic acids is 1. The standard InChI is InChI=1S/C23H22N4O2/c28-20-13-12-17-7-4-5-10-19(17)22(20)23(18-8-2-1-3-9-18)26-21(29)11-6-14-27-16-24-15-25-27/h1-5,7-10,12-13,15-16,23,28H,6,11,14H2,(H,26,29). The predicted octanol–water partition coefficient (Wildman–Crippen LogP) is 3.82. The summed E-state index contributed by atoms with van der Waals surface area (Å²) in [5.74, 6) is 0.0896. The molecule has 0 aliphatic heterocycles. The number of phenolic OH excluding ortho intramolecular Hbond substituents is 1. The Morgan fingerprint density at radius 1 is 1.03 bits per heavy atom. The Morgan fingerprint density at radius 3 is 2.62 bits per heavy atom. The fourth-order valence-electron chi connectivity index (χ4n) is 3.54. The van der Waals surface area contributed by atoms with Gasteiger partial charge in [0.25, 0.3) is 0 Å². The lowest BCUT2D eigenvalue weighted by atomic mass is 9.92. The maximum absolute atomic E-state index is 12.7. The van der Waals surface area contributed by atoms with E-state index in [1.165, 1.54) is 6.33 Å². The van der Waals surface area contributed by atoms with E-state index in [2.05, 4.69) is 15.4 Å². The molecule has 2 N–H and O–H groups in total. The number of fused-ring (bicyclic) bond motifs is 1. The number of phenols is 1. The second-order valence-corrected chi connectivity index (χ2v) is 6.89. The number of nitrogens with zero attached hydrogens (tertiary/aromatic N) is 3. The molecule has 4 rings (SSSR count). The van der Waals surface area contributed by atoms with Gasteiger partial charge < -0.3 is 10.4 Å². The number of aryl methyl sites for hydroxylation is 1. The minimum atomic E-state index is -0.443. The highest BCUT2D eigenvalue weighted by Crippen LogP contribution is 2.35. The molecule has 6 nitrogen and oxygen atoms in total. The molecule has 1 atom stereocenters. The van der Waals surface area contributed by atoms with Crippen LogP contribution in [0.25, 0.3) is 10.8 Å². The summed E-state index contributed by atoms with van der Waals surface area (Å²) in [6.45, 7) is 0.628. The molecule has 0 saturated heterocycles. The van der Waals surface area contributed by atoms with Crippen molar-refractivity contribution in [3.05, 3.63) is 90.5 Å². The SMILES string of the molecule is O=C(CCCn1cncn1)NC(c1ccccc1)c1c(O)ccc2ccccc12. The summed E-state index contributed by atoms with van der Waals surface area (Å²) in [5, 5.41) is 19.8. The summed E-state index contributed by atoms with van der Waals surface area (Å²) in [5.41, 5.74) is 1.63. The fraction of sp³-hybridized carbons (Fsp3) is 0.174. The Hall–Kier alpha value is -3.67. The summed E-state index contributed by atoms with van der Waals surface area (Å²) in [7, 11) is 0. The Kier molecular flexibility index (Phi) is 5.52. The van der Waals surface area contributed by atoms with Gasteiger partial charge in [0.05, 0.1) is 6.04 Å². The highest BCUT2D eigenvalue weighted by molar-refractivity contribution is 5.89. The maximum Gasteiger partial charge on any atom is 0.220 e. The van der Waals surface area contributed by atoms with Gasteiger partial charge in [-0.1, -0.05) is 60.7 Å². The lowest BCUT2D eigenvalue weighted by Gasteiger charge is -2.22. The summed E-state index contributed by atoms with van der Waals surface area (Å²) < 4.78 is 1.71. The molecule has 0 radical (unpaired) electrons. The Labute approximate surface area is 168 Å². The van der Waals surface area contributed by atoms with Crippen LogP contribution in [0.5, 0.6) is 5.75 Å². The topological polar surface area (TPSA) is 80.0 Å². The molecule has 146 valence electrons. The van der Waals surface area contributed by atoms with Crippen LogP contribution < -0.4 is 5.32 Å². The Bertz CT molecular complexity index is 1090. The fourth-order valence-corrected chi connectivity index (χ4v) is 3.54. The van der Waals surface area contributed by atoms with Crippen LogP contribution in [0.1, 0.15) is 30.0 Å². The number of hydrogen-bond donors (Lipinski definition) is 2. The van der Waals surface area contributed by atoms with Crippen molar-refractivity contribution < 1.29 is 9.90 Å². The van der Waals surface area contributed by atoms with E-state index in [1.54, 1.807) is 17.1 Å². The monoisotopic (exact) mass is 386 g/mol. The molecule has 0 bridgehead atoms. The van der Waals surface area contributed by atoms with E-state index in [1.807, 2.05) is 60.7 Å². The molecule has 29 heavy (non-hydrogen) atoms. The lowest BCUT2D eigenvalue weighted by molar-refractivity contribution is -0.121. The number of aromatic hydroxyl groups is 1. The molecule has 0 fully saturated rings. The van der Waals surface area contributed by atoms with Crippen LogP contribution in [0.4, 0.5) is 0 Å². The van der Waals surface area contributed by atoms with Gasteiger partial charge in [0.2, 0.25) is 5.91 Å². The Morgan fingerprint density at radius 2 is 1.83 bits per heavy atom. The molecular formula is C23H22N4O2. The van der Waals surface area contributed by atoms with Gasteiger partial charge in [-0.25, -0.2) is 4.98 Å². The van der Waals surface area contributed by atoms with E-state index >= 15 is 0 Å². The van der Waals surface area contributed by atoms with E-state index in [-0.39, 0.29) is 11.7 Å². The van der Waals surface area contributed by atoms with Crippen LogP contribution >= 0.6 is 0 Å². The molecule has 3 aromatic carbocycles. The van der Waals surface area contributed by atoms with Crippen LogP contribution in [0.2, 0.25) is 0 Å². The minimum absolute atomic E-state index is 0.0775. The van der Waals surface area contributed by atoms with Crippen molar-refractivity contribution in [3.63, 3.8) is 0 Å². The molecule has 1 amide bonds. The van der Waals surface area contributed by atoms with E-state index in [4.69, 9.17) is 0 Å². The lowest BCUT2D eigenvalue weighted by Crippen LogP contribution is -2.29. The van der Waals surface area contributed by atoms with Crippen LogP contribution in [-0.2, 0) is 11.3 Å². The smallest absolute Gasteiger partial charge is 0.220 e. The van der Waals surface area contributed by atoms with Crippen molar-refractivity contribution in [1.82, 2.24) is 20.1 Å². The molecule has 0 aliphatic carbocycles. The first-order valence-electron chi connectivity index (χ1n) is 9.60. The molecule has 1 unspecified atom stereocenters.